The predicted molar refractivity (Wildman–Crippen MR) is 86.4 cm³/mol. The standard InChI is InChI=1S/C16H20N4O2S/c21-23(22,16-13-4-1-2-5-14(13)16)19-11-12-6-7-15(17-10-12)20-9-3-8-18-20/h3,6-10,13-14,16,19H,1-2,4-5,11H2. The molecule has 0 amide bonds. The van der Waals surface area contributed by atoms with Gasteiger partial charge in [0.2, 0.25) is 10.0 Å². The molecule has 122 valence electrons. The van der Waals surface area contributed by atoms with Crippen LogP contribution in [-0.4, -0.2) is 28.4 Å². The number of hydrogen-bond acceptors (Lipinski definition) is 4. The van der Waals surface area contributed by atoms with Gasteiger partial charge in [-0.3, -0.25) is 0 Å². The van der Waals surface area contributed by atoms with Crippen LogP contribution in [0.3, 0.4) is 0 Å². The van der Waals surface area contributed by atoms with Crippen molar-refractivity contribution in [2.75, 3.05) is 0 Å². The van der Waals surface area contributed by atoms with Gasteiger partial charge in [0.25, 0.3) is 0 Å². The minimum atomic E-state index is -3.22. The van der Waals surface area contributed by atoms with Crippen LogP contribution in [0.4, 0.5) is 0 Å². The maximum atomic E-state index is 12.4. The van der Waals surface area contributed by atoms with Gasteiger partial charge in [0.1, 0.15) is 0 Å². The van der Waals surface area contributed by atoms with Crippen molar-refractivity contribution in [3.05, 3.63) is 42.4 Å². The molecule has 2 aromatic rings. The number of pyridine rings is 1. The van der Waals surface area contributed by atoms with Gasteiger partial charge in [-0.05, 0) is 42.4 Å². The van der Waals surface area contributed by atoms with E-state index >= 15 is 0 Å². The Kier molecular flexibility index (Phi) is 3.69. The first-order valence-electron chi connectivity index (χ1n) is 8.08. The SMILES string of the molecule is O=S(=O)(NCc1ccc(-n2cccn2)nc1)C1C2CCCCC21. The van der Waals surface area contributed by atoms with Crippen LogP contribution in [0.25, 0.3) is 5.82 Å². The summed E-state index contributed by atoms with van der Waals surface area (Å²) >= 11 is 0. The smallest absolute Gasteiger partial charge is 0.215 e. The molecule has 2 unspecified atom stereocenters. The number of hydrogen-bond donors (Lipinski definition) is 1. The highest BCUT2D eigenvalue weighted by Gasteiger charge is 2.57. The molecule has 0 spiro atoms. The minimum absolute atomic E-state index is 0.165. The summed E-state index contributed by atoms with van der Waals surface area (Å²) in [6.07, 6.45) is 9.68. The molecule has 0 saturated heterocycles. The average Bonchev–Trinajstić information content (AvgIpc) is 3.07. The third kappa shape index (κ3) is 2.90. The number of fused-ring (bicyclic) bond motifs is 1. The maximum Gasteiger partial charge on any atom is 0.215 e. The first kappa shape index (κ1) is 14.8. The first-order chi connectivity index (χ1) is 11.1. The summed E-state index contributed by atoms with van der Waals surface area (Å²) in [6.45, 7) is 0.296. The zero-order valence-corrected chi connectivity index (χ0v) is 13.6. The van der Waals surface area contributed by atoms with E-state index in [2.05, 4.69) is 14.8 Å². The van der Waals surface area contributed by atoms with Crippen molar-refractivity contribution in [2.24, 2.45) is 11.8 Å². The summed E-state index contributed by atoms with van der Waals surface area (Å²) in [6, 6.07) is 5.55. The minimum Gasteiger partial charge on any atom is -0.237 e. The molecule has 23 heavy (non-hydrogen) atoms. The highest BCUT2D eigenvalue weighted by molar-refractivity contribution is 7.90. The molecule has 0 aromatic carbocycles. The monoisotopic (exact) mass is 332 g/mol. The molecule has 0 aliphatic heterocycles. The van der Waals surface area contributed by atoms with Gasteiger partial charge in [-0.15, -0.1) is 0 Å². The zero-order chi connectivity index (χ0) is 15.9. The Hall–Kier alpha value is -1.73. The topological polar surface area (TPSA) is 76.9 Å². The van der Waals surface area contributed by atoms with Crippen molar-refractivity contribution in [1.82, 2.24) is 19.5 Å². The number of nitrogens with zero attached hydrogens (tertiary/aromatic N) is 3. The van der Waals surface area contributed by atoms with E-state index < -0.39 is 10.0 Å². The Morgan fingerprint density at radius 2 is 2.00 bits per heavy atom. The first-order valence-corrected chi connectivity index (χ1v) is 9.63. The van der Waals surface area contributed by atoms with Crippen LogP contribution < -0.4 is 4.72 Å². The van der Waals surface area contributed by atoms with E-state index in [1.54, 1.807) is 17.1 Å². The molecule has 2 fully saturated rings. The van der Waals surface area contributed by atoms with Crippen molar-refractivity contribution >= 4 is 10.0 Å². The fourth-order valence-corrected chi connectivity index (χ4v) is 5.79. The molecule has 2 heterocycles. The van der Waals surface area contributed by atoms with Gasteiger partial charge >= 0.3 is 0 Å². The quantitative estimate of drug-likeness (QED) is 0.907. The highest BCUT2D eigenvalue weighted by atomic mass is 32.2. The van der Waals surface area contributed by atoms with E-state index in [1.165, 1.54) is 12.8 Å². The van der Waals surface area contributed by atoms with Gasteiger partial charge in [-0.1, -0.05) is 18.9 Å². The van der Waals surface area contributed by atoms with Crippen molar-refractivity contribution < 1.29 is 8.42 Å². The summed E-state index contributed by atoms with van der Waals surface area (Å²) in [5.41, 5.74) is 0.855. The summed E-state index contributed by atoms with van der Waals surface area (Å²) in [4.78, 5) is 4.32. The number of sulfonamides is 1. The lowest BCUT2D eigenvalue weighted by Gasteiger charge is -2.07. The third-order valence-electron chi connectivity index (χ3n) is 4.96. The summed E-state index contributed by atoms with van der Waals surface area (Å²) < 4.78 is 29.3. The fraction of sp³-hybridized carbons (Fsp3) is 0.500. The predicted octanol–water partition coefficient (Wildman–Crippen LogP) is 1.88. The lowest BCUT2D eigenvalue weighted by atomic mass is 10.0. The van der Waals surface area contributed by atoms with E-state index in [4.69, 9.17) is 0 Å². The van der Waals surface area contributed by atoms with Crippen molar-refractivity contribution in [1.29, 1.82) is 0 Å². The maximum absolute atomic E-state index is 12.4. The number of nitrogens with one attached hydrogen (secondary N) is 1. The molecule has 2 aliphatic rings. The zero-order valence-electron chi connectivity index (χ0n) is 12.8. The Bertz CT molecular complexity index is 759. The second-order valence-corrected chi connectivity index (χ2v) is 8.34. The summed E-state index contributed by atoms with van der Waals surface area (Å²) in [5.74, 6) is 1.50. The normalized spacial score (nSPS) is 26.7. The van der Waals surface area contributed by atoms with Crippen LogP contribution in [0.1, 0.15) is 31.2 Å². The Balaban J connectivity index is 1.39. The van der Waals surface area contributed by atoms with Crippen molar-refractivity contribution in [3.63, 3.8) is 0 Å². The Morgan fingerprint density at radius 1 is 1.22 bits per heavy atom. The second kappa shape index (κ2) is 5.72. The Morgan fingerprint density at radius 3 is 2.61 bits per heavy atom. The molecule has 2 atom stereocenters. The highest BCUT2D eigenvalue weighted by Crippen LogP contribution is 2.53. The van der Waals surface area contributed by atoms with E-state index in [1.807, 2.05) is 24.4 Å². The van der Waals surface area contributed by atoms with Crippen LogP contribution in [0, 0.1) is 11.8 Å². The largest absolute Gasteiger partial charge is 0.237 e. The van der Waals surface area contributed by atoms with Gasteiger partial charge in [0.15, 0.2) is 5.82 Å². The van der Waals surface area contributed by atoms with Gasteiger partial charge in [-0.2, -0.15) is 5.10 Å². The third-order valence-corrected chi connectivity index (χ3v) is 6.92. The summed E-state index contributed by atoms with van der Waals surface area (Å²) in [7, 11) is -3.22. The lowest BCUT2D eigenvalue weighted by molar-refractivity contribution is 0.480. The number of aromatic nitrogens is 3. The van der Waals surface area contributed by atoms with Crippen LogP contribution in [0.2, 0.25) is 0 Å². The molecule has 2 aliphatic carbocycles. The van der Waals surface area contributed by atoms with Gasteiger partial charge in [0, 0.05) is 25.1 Å². The second-order valence-electron chi connectivity index (χ2n) is 6.42. The lowest BCUT2D eigenvalue weighted by Crippen LogP contribution is -2.28. The fourth-order valence-electron chi connectivity index (χ4n) is 3.73. The molecule has 2 aromatic heterocycles. The molecule has 1 N–H and O–H groups in total. The Labute approximate surface area is 136 Å². The van der Waals surface area contributed by atoms with Gasteiger partial charge in [0.05, 0.1) is 5.25 Å². The van der Waals surface area contributed by atoms with Gasteiger partial charge in [-0.25, -0.2) is 22.8 Å². The number of rotatable bonds is 5. The average molecular weight is 332 g/mol. The van der Waals surface area contributed by atoms with E-state index in [0.717, 1.165) is 24.2 Å². The molecular formula is C16H20N4O2S. The van der Waals surface area contributed by atoms with E-state index in [0.29, 0.717) is 18.4 Å². The van der Waals surface area contributed by atoms with Crippen LogP contribution in [-0.2, 0) is 16.6 Å². The molecule has 0 radical (unpaired) electrons. The van der Waals surface area contributed by atoms with Crippen molar-refractivity contribution in [2.45, 2.75) is 37.5 Å². The molecule has 2 saturated carbocycles. The van der Waals surface area contributed by atoms with E-state index in [-0.39, 0.29) is 5.25 Å². The van der Waals surface area contributed by atoms with E-state index in [9.17, 15) is 8.42 Å². The molecule has 4 rings (SSSR count). The summed E-state index contributed by atoms with van der Waals surface area (Å²) in [5, 5.41) is 3.95. The van der Waals surface area contributed by atoms with Gasteiger partial charge < -0.3 is 0 Å². The molecule has 7 heteroatoms. The van der Waals surface area contributed by atoms with Crippen LogP contribution in [0.5, 0.6) is 0 Å². The molecule has 6 nitrogen and oxygen atoms in total. The molecule has 0 bridgehead atoms. The van der Waals surface area contributed by atoms with Crippen LogP contribution in [0.15, 0.2) is 36.8 Å². The van der Waals surface area contributed by atoms with Crippen molar-refractivity contribution in [3.8, 4) is 5.82 Å². The molecular weight excluding hydrogens is 312 g/mol. The van der Waals surface area contributed by atoms with Crippen LogP contribution >= 0.6 is 0 Å².